The summed E-state index contributed by atoms with van der Waals surface area (Å²) in [4.78, 5) is 0. The van der Waals surface area contributed by atoms with Gasteiger partial charge in [-0.05, 0) is 25.3 Å². The van der Waals surface area contributed by atoms with Gasteiger partial charge in [0.15, 0.2) is 0 Å². The number of nitrogens with zero attached hydrogens (tertiary/aromatic N) is 1. The Kier molecular flexibility index (Phi) is 6.15. The molecule has 19 heavy (non-hydrogen) atoms. The highest BCUT2D eigenvalue weighted by Crippen LogP contribution is 2.18. The van der Waals surface area contributed by atoms with Crippen LogP contribution in [0, 0.1) is 5.92 Å². The second kappa shape index (κ2) is 6.96. The highest BCUT2D eigenvalue weighted by Gasteiger charge is 2.31. The van der Waals surface area contributed by atoms with Gasteiger partial charge in [-0.25, -0.2) is 12.7 Å². The molecule has 1 fully saturated rings. The highest BCUT2D eigenvalue weighted by molar-refractivity contribution is 7.88. The van der Waals surface area contributed by atoms with Crippen LogP contribution in [-0.4, -0.2) is 79.3 Å². The minimum atomic E-state index is -3.17. The lowest BCUT2D eigenvalue weighted by molar-refractivity contribution is 0.0380. The van der Waals surface area contributed by atoms with Crippen LogP contribution in [-0.2, 0) is 10.0 Å². The first-order valence-corrected chi connectivity index (χ1v) is 8.24. The molecule has 0 saturated carbocycles. The molecule has 1 aliphatic rings. The van der Waals surface area contributed by atoms with Crippen LogP contribution in [0.15, 0.2) is 0 Å². The molecule has 1 saturated heterocycles. The fourth-order valence-corrected chi connectivity index (χ4v) is 3.12. The van der Waals surface area contributed by atoms with Crippen LogP contribution in [0.1, 0.15) is 12.8 Å². The van der Waals surface area contributed by atoms with Crippen molar-refractivity contribution in [2.24, 2.45) is 5.92 Å². The number of aliphatic hydroxyl groups is 3. The van der Waals surface area contributed by atoms with E-state index < -0.39 is 15.6 Å². The maximum absolute atomic E-state index is 11.5. The lowest BCUT2D eigenvalue weighted by Crippen LogP contribution is -2.57. The van der Waals surface area contributed by atoms with Gasteiger partial charge in [0.05, 0.1) is 31.6 Å². The summed E-state index contributed by atoms with van der Waals surface area (Å²) in [7, 11) is -3.17. The number of hydrogen-bond donors (Lipinski definition) is 4. The van der Waals surface area contributed by atoms with Crippen molar-refractivity contribution in [3.8, 4) is 0 Å². The molecular formula is C11H24N2O5S. The van der Waals surface area contributed by atoms with Gasteiger partial charge in [-0.1, -0.05) is 0 Å². The molecule has 0 aromatic rings. The van der Waals surface area contributed by atoms with Crippen molar-refractivity contribution in [1.82, 2.24) is 9.62 Å². The van der Waals surface area contributed by atoms with E-state index in [1.807, 2.05) is 0 Å². The lowest BCUT2D eigenvalue weighted by Gasteiger charge is -2.35. The fourth-order valence-electron chi connectivity index (χ4n) is 2.17. The second-order valence-corrected chi connectivity index (χ2v) is 7.25. The molecule has 1 heterocycles. The van der Waals surface area contributed by atoms with Gasteiger partial charge in [0.1, 0.15) is 0 Å². The van der Waals surface area contributed by atoms with Crippen LogP contribution in [0.2, 0.25) is 0 Å². The van der Waals surface area contributed by atoms with Gasteiger partial charge in [-0.3, -0.25) is 0 Å². The van der Waals surface area contributed by atoms with E-state index in [9.17, 15) is 23.7 Å². The average Bonchev–Trinajstić information content (AvgIpc) is 2.40. The third-order valence-electron chi connectivity index (χ3n) is 3.62. The number of sulfonamides is 1. The Morgan fingerprint density at radius 3 is 2.32 bits per heavy atom. The number of nitrogens with one attached hydrogen (secondary N) is 1. The Morgan fingerprint density at radius 1 is 1.26 bits per heavy atom. The predicted octanol–water partition coefficient (Wildman–Crippen LogP) is -2.04. The van der Waals surface area contributed by atoms with Crippen molar-refractivity contribution in [2.45, 2.75) is 18.4 Å². The largest absolute Gasteiger partial charge is 0.394 e. The molecule has 1 unspecified atom stereocenters. The molecule has 0 spiro atoms. The van der Waals surface area contributed by atoms with E-state index in [2.05, 4.69) is 5.32 Å². The summed E-state index contributed by atoms with van der Waals surface area (Å²) in [5.41, 5.74) is -1.10. The summed E-state index contributed by atoms with van der Waals surface area (Å²) < 4.78 is 24.4. The molecule has 7 nitrogen and oxygen atoms in total. The van der Waals surface area contributed by atoms with Crippen LogP contribution >= 0.6 is 0 Å². The standard InChI is InChI=1S/C11H24N2O5S/c1-19(17,18)13-4-2-3-10(6-13)5-12-11(7-14,8-15)9-16/h10,12,14-16H,2-9H2,1H3. The monoisotopic (exact) mass is 296 g/mol. The van der Waals surface area contributed by atoms with Crippen molar-refractivity contribution in [1.29, 1.82) is 0 Å². The van der Waals surface area contributed by atoms with Crippen LogP contribution in [0.3, 0.4) is 0 Å². The van der Waals surface area contributed by atoms with Crippen molar-refractivity contribution >= 4 is 10.0 Å². The van der Waals surface area contributed by atoms with Gasteiger partial charge in [-0.2, -0.15) is 0 Å². The maximum atomic E-state index is 11.5. The second-order valence-electron chi connectivity index (χ2n) is 5.26. The predicted molar refractivity (Wildman–Crippen MR) is 71.1 cm³/mol. The van der Waals surface area contributed by atoms with Crippen LogP contribution in [0.4, 0.5) is 0 Å². The van der Waals surface area contributed by atoms with E-state index in [4.69, 9.17) is 0 Å². The molecule has 0 bridgehead atoms. The SMILES string of the molecule is CS(=O)(=O)N1CCCC(CNC(CO)(CO)CO)C1. The van der Waals surface area contributed by atoms with Gasteiger partial charge in [0, 0.05) is 13.1 Å². The number of aliphatic hydroxyl groups excluding tert-OH is 3. The average molecular weight is 296 g/mol. The molecule has 1 rings (SSSR count). The Bertz CT molecular complexity index is 361. The van der Waals surface area contributed by atoms with Crippen molar-refractivity contribution in [3.05, 3.63) is 0 Å². The van der Waals surface area contributed by atoms with E-state index in [0.717, 1.165) is 12.8 Å². The summed E-state index contributed by atoms with van der Waals surface area (Å²) in [5.74, 6) is 0.118. The topological polar surface area (TPSA) is 110 Å². The highest BCUT2D eigenvalue weighted by atomic mass is 32.2. The number of hydrogen-bond acceptors (Lipinski definition) is 6. The van der Waals surface area contributed by atoms with Crippen LogP contribution in [0.5, 0.6) is 0 Å². The summed E-state index contributed by atoms with van der Waals surface area (Å²) in [6.45, 7) is 0.311. The van der Waals surface area contributed by atoms with E-state index in [1.54, 1.807) is 0 Å². The Morgan fingerprint density at radius 2 is 1.84 bits per heavy atom. The molecule has 8 heteroatoms. The Labute approximate surface area is 114 Å². The van der Waals surface area contributed by atoms with Crippen LogP contribution in [0.25, 0.3) is 0 Å². The zero-order valence-electron chi connectivity index (χ0n) is 11.2. The minimum Gasteiger partial charge on any atom is -0.394 e. The molecular weight excluding hydrogens is 272 g/mol. The number of piperidine rings is 1. The molecule has 0 aliphatic carbocycles. The van der Waals surface area contributed by atoms with E-state index in [1.165, 1.54) is 10.6 Å². The van der Waals surface area contributed by atoms with Gasteiger partial charge >= 0.3 is 0 Å². The van der Waals surface area contributed by atoms with E-state index >= 15 is 0 Å². The van der Waals surface area contributed by atoms with Gasteiger partial charge in [0.25, 0.3) is 0 Å². The van der Waals surface area contributed by atoms with Gasteiger partial charge in [0.2, 0.25) is 10.0 Å². The quantitative estimate of drug-likeness (QED) is 0.431. The van der Waals surface area contributed by atoms with Crippen molar-refractivity contribution in [3.63, 3.8) is 0 Å². The Hall–Kier alpha value is -0.250. The summed E-state index contributed by atoms with van der Waals surface area (Å²) in [5, 5.41) is 30.5. The summed E-state index contributed by atoms with van der Waals surface area (Å²) in [6.07, 6.45) is 2.88. The molecule has 0 amide bonds. The third-order valence-corrected chi connectivity index (χ3v) is 4.89. The maximum Gasteiger partial charge on any atom is 0.211 e. The molecule has 4 N–H and O–H groups in total. The first-order valence-electron chi connectivity index (χ1n) is 6.39. The molecule has 0 aromatic carbocycles. The molecule has 0 aromatic heterocycles. The van der Waals surface area contributed by atoms with Crippen molar-refractivity contribution < 1.29 is 23.7 Å². The van der Waals surface area contributed by atoms with Crippen LogP contribution < -0.4 is 5.32 Å². The summed E-state index contributed by atoms with van der Waals surface area (Å²) >= 11 is 0. The first kappa shape index (κ1) is 16.8. The molecule has 1 atom stereocenters. The molecule has 114 valence electrons. The molecule has 1 aliphatic heterocycles. The number of rotatable bonds is 7. The van der Waals surface area contributed by atoms with E-state index in [-0.39, 0.29) is 25.7 Å². The molecule has 0 radical (unpaired) electrons. The smallest absolute Gasteiger partial charge is 0.211 e. The summed E-state index contributed by atoms with van der Waals surface area (Å²) in [6, 6.07) is 0. The zero-order valence-corrected chi connectivity index (χ0v) is 12.1. The van der Waals surface area contributed by atoms with E-state index in [0.29, 0.717) is 19.6 Å². The van der Waals surface area contributed by atoms with Gasteiger partial charge < -0.3 is 20.6 Å². The normalized spacial score (nSPS) is 22.6. The Balaban J connectivity index is 2.53. The van der Waals surface area contributed by atoms with Gasteiger partial charge in [-0.15, -0.1) is 0 Å². The fraction of sp³-hybridized carbons (Fsp3) is 1.00. The zero-order chi connectivity index (χ0) is 14.5. The minimum absolute atomic E-state index is 0.118. The third kappa shape index (κ3) is 4.66. The lowest BCUT2D eigenvalue weighted by atomic mass is 9.97. The van der Waals surface area contributed by atoms with Crippen molar-refractivity contribution in [2.75, 3.05) is 45.7 Å². The first-order chi connectivity index (χ1) is 8.87.